The van der Waals surface area contributed by atoms with Crippen LogP contribution in [-0.4, -0.2) is 15.5 Å². The van der Waals surface area contributed by atoms with Crippen molar-refractivity contribution in [2.24, 2.45) is 5.73 Å². The zero-order valence-electron chi connectivity index (χ0n) is 15.9. The molecule has 2 aromatic heterocycles. The summed E-state index contributed by atoms with van der Waals surface area (Å²) in [5.41, 5.74) is 13.3. The van der Waals surface area contributed by atoms with Gasteiger partial charge in [0.2, 0.25) is 0 Å². The zero-order chi connectivity index (χ0) is 19.0. The van der Waals surface area contributed by atoms with Crippen molar-refractivity contribution in [1.82, 2.24) is 9.55 Å². The molecule has 1 atom stereocenters. The van der Waals surface area contributed by atoms with E-state index in [0.29, 0.717) is 5.56 Å². The summed E-state index contributed by atoms with van der Waals surface area (Å²) in [6, 6.07) is 12.8. The number of carbonyl (C=O) groups excluding carboxylic acids is 1. The first-order chi connectivity index (χ1) is 13.1. The summed E-state index contributed by atoms with van der Waals surface area (Å²) in [4.78, 5) is 16.7. The lowest BCUT2D eigenvalue weighted by Gasteiger charge is -2.21. The molecule has 0 aliphatic heterocycles. The molecule has 0 radical (unpaired) electrons. The molecule has 4 rings (SSSR count). The average Bonchev–Trinajstić information content (AvgIpc) is 3.21. The number of nitrogens with two attached hydrogens (primary N) is 1. The lowest BCUT2D eigenvalue weighted by Crippen LogP contribution is -2.15. The largest absolute Gasteiger partial charge is 0.366 e. The molecule has 1 amide bonds. The first kappa shape index (κ1) is 17.5. The smallest absolute Gasteiger partial charge is 0.251 e. The van der Waals surface area contributed by atoms with Crippen LogP contribution in [0.3, 0.4) is 0 Å². The zero-order valence-corrected chi connectivity index (χ0v) is 15.9. The summed E-state index contributed by atoms with van der Waals surface area (Å²) >= 11 is 0. The molecule has 2 heterocycles. The van der Waals surface area contributed by atoms with Crippen molar-refractivity contribution in [3.05, 3.63) is 76.9 Å². The molecule has 0 saturated heterocycles. The molecule has 1 aliphatic carbocycles. The highest BCUT2D eigenvalue weighted by atomic mass is 16.1. The van der Waals surface area contributed by atoms with Crippen LogP contribution < -0.4 is 5.73 Å². The Labute approximate surface area is 160 Å². The Kier molecular flexibility index (Phi) is 4.56. The normalized spacial score (nSPS) is 15.7. The minimum absolute atomic E-state index is 0.256. The van der Waals surface area contributed by atoms with Crippen LogP contribution in [0.4, 0.5) is 0 Å². The minimum Gasteiger partial charge on any atom is -0.366 e. The number of hydrogen-bond acceptors (Lipinski definition) is 2. The summed E-state index contributed by atoms with van der Waals surface area (Å²) in [5, 5.41) is 0. The second-order valence-electron chi connectivity index (χ2n) is 7.26. The van der Waals surface area contributed by atoms with Crippen molar-refractivity contribution in [2.75, 3.05) is 0 Å². The fourth-order valence-electron chi connectivity index (χ4n) is 4.60. The molecule has 138 valence electrons. The van der Waals surface area contributed by atoms with Crippen LogP contribution in [0.25, 0.3) is 11.1 Å². The molecule has 0 bridgehead atoms. The maximum atomic E-state index is 12.4. The molecular formula is C23H25N3O. The third-order valence-electron chi connectivity index (χ3n) is 5.65. The first-order valence-electron chi connectivity index (χ1n) is 9.65. The molecule has 1 unspecified atom stereocenters. The second-order valence-corrected chi connectivity index (χ2v) is 7.26. The van der Waals surface area contributed by atoms with Gasteiger partial charge in [-0.1, -0.05) is 43.7 Å². The van der Waals surface area contributed by atoms with Crippen LogP contribution in [0.5, 0.6) is 0 Å². The highest BCUT2D eigenvalue weighted by Gasteiger charge is 2.31. The van der Waals surface area contributed by atoms with Crippen LogP contribution in [0.1, 0.15) is 58.7 Å². The number of fused-ring (bicyclic) bond motifs is 1. The van der Waals surface area contributed by atoms with Crippen molar-refractivity contribution in [3.8, 4) is 11.1 Å². The Morgan fingerprint density at radius 2 is 2.07 bits per heavy atom. The molecule has 0 saturated carbocycles. The second kappa shape index (κ2) is 7.03. The summed E-state index contributed by atoms with van der Waals surface area (Å²) in [7, 11) is 0. The number of carbonyl (C=O) groups is 1. The number of amides is 1. The summed E-state index contributed by atoms with van der Waals surface area (Å²) in [6.45, 7) is 4.20. The van der Waals surface area contributed by atoms with E-state index in [1.807, 2.05) is 25.3 Å². The number of rotatable bonds is 5. The lowest BCUT2D eigenvalue weighted by atomic mass is 9.99. The number of primary amides is 1. The molecule has 4 nitrogen and oxygen atoms in total. The molecule has 0 spiro atoms. The van der Waals surface area contributed by atoms with Gasteiger partial charge in [-0.3, -0.25) is 9.78 Å². The van der Waals surface area contributed by atoms with E-state index in [1.165, 1.54) is 16.8 Å². The summed E-state index contributed by atoms with van der Waals surface area (Å²) < 4.78 is 2.37. The number of benzene rings is 1. The van der Waals surface area contributed by atoms with Gasteiger partial charge in [-0.25, -0.2) is 0 Å². The van der Waals surface area contributed by atoms with Gasteiger partial charge < -0.3 is 10.3 Å². The van der Waals surface area contributed by atoms with E-state index >= 15 is 0 Å². The quantitative estimate of drug-likeness (QED) is 0.732. The molecule has 1 aliphatic rings. The standard InChI is InChI=1S/C23H25N3O/c1-3-7-20-22(17-9-6-13-25-14-17)21(23(24)27)15(2)26(20)19-12-11-16-8-4-5-10-18(16)19/h4-6,8-10,13-14,19H,3,7,11-12H2,1-2H3,(H2,24,27). The molecule has 1 aromatic carbocycles. The maximum Gasteiger partial charge on any atom is 0.251 e. The Hall–Kier alpha value is -2.88. The molecule has 4 heteroatoms. The molecule has 3 aromatic rings. The van der Waals surface area contributed by atoms with Gasteiger partial charge in [0, 0.05) is 34.9 Å². The topological polar surface area (TPSA) is 60.9 Å². The van der Waals surface area contributed by atoms with E-state index in [2.05, 4.69) is 40.7 Å². The third-order valence-corrected chi connectivity index (χ3v) is 5.65. The molecular weight excluding hydrogens is 334 g/mol. The van der Waals surface area contributed by atoms with Crippen LogP contribution in [0.15, 0.2) is 48.8 Å². The van der Waals surface area contributed by atoms with Crippen molar-refractivity contribution in [1.29, 1.82) is 0 Å². The Morgan fingerprint density at radius 3 is 2.78 bits per heavy atom. The summed E-state index contributed by atoms with van der Waals surface area (Å²) in [6.07, 6.45) is 7.60. The minimum atomic E-state index is -0.367. The number of nitrogens with zero attached hydrogens (tertiary/aromatic N) is 2. The lowest BCUT2D eigenvalue weighted by molar-refractivity contribution is 0.1000. The van der Waals surface area contributed by atoms with E-state index in [-0.39, 0.29) is 11.9 Å². The SMILES string of the molecule is CCCc1c(-c2cccnc2)c(C(N)=O)c(C)n1C1CCc2ccccc21. The summed E-state index contributed by atoms with van der Waals surface area (Å²) in [5.74, 6) is -0.367. The van der Waals surface area contributed by atoms with Crippen LogP contribution >= 0.6 is 0 Å². The van der Waals surface area contributed by atoms with Gasteiger partial charge in [0.05, 0.1) is 11.6 Å². The van der Waals surface area contributed by atoms with Gasteiger partial charge in [0.1, 0.15) is 0 Å². The average molecular weight is 359 g/mol. The van der Waals surface area contributed by atoms with E-state index in [4.69, 9.17) is 5.73 Å². The number of pyridine rings is 1. The Bertz CT molecular complexity index is 988. The fourth-order valence-corrected chi connectivity index (χ4v) is 4.60. The number of aromatic nitrogens is 2. The van der Waals surface area contributed by atoms with Crippen LogP contribution in [0.2, 0.25) is 0 Å². The van der Waals surface area contributed by atoms with E-state index < -0.39 is 0 Å². The van der Waals surface area contributed by atoms with E-state index in [9.17, 15) is 4.79 Å². The fraction of sp³-hybridized carbons (Fsp3) is 0.304. The van der Waals surface area contributed by atoms with Gasteiger partial charge in [0.15, 0.2) is 0 Å². The van der Waals surface area contributed by atoms with E-state index in [1.54, 1.807) is 6.20 Å². The van der Waals surface area contributed by atoms with Gasteiger partial charge in [-0.15, -0.1) is 0 Å². The van der Waals surface area contributed by atoms with Crippen molar-refractivity contribution in [2.45, 2.75) is 45.6 Å². The predicted octanol–water partition coefficient (Wildman–Crippen LogP) is 4.45. The highest BCUT2D eigenvalue weighted by Crippen LogP contribution is 2.41. The Balaban J connectivity index is 1.99. The molecule has 2 N–H and O–H groups in total. The van der Waals surface area contributed by atoms with Crippen molar-refractivity contribution >= 4 is 5.91 Å². The van der Waals surface area contributed by atoms with Gasteiger partial charge in [-0.2, -0.15) is 0 Å². The molecule has 0 fully saturated rings. The number of aryl methyl sites for hydroxylation is 1. The van der Waals surface area contributed by atoms with Gasteiger partial charge in [0.25, 0.3) is 5.91 Å². The Morgan fingerprint density at radius 1 is 1.26 bits per heavy atom. The highest BCUT2D eigenvalue weighted by molar-refractivity contribution is 6.02. The first-order valence-corrected chi connectivity index (χ1v) is 9.65. The third kappa shape index (κ3) is 2.85. The van der Waals surface area contributed by atoms with Crippen LogP contribution in [0, 0.1) is 6.92 Å². The maximum absolute atomic E-state index is 12.4. The van der Waals surface area contributed by atoms with Crippen molar-refractivity contribution in [3.63, 3.8) is 0 Å². The van der Waals surface area contributed by atoms with E-state index in [0.717, 1.165) is 42.5 Å². The number of hydrogen-bond donors (Lipinski definition) is 1. The van der Waals surface area contributed by atoms with Crippen molar-refractivity contribution < 1.29 is 4.79 Å². The van der Waals surface area contributed by atoms with Crippen LogP contribution in [-0.2, 0) is 12.8 Å². The molecule has 27 heavy (non-hydrogen) atoms. The predicted molar refractivity (Wildman–Crippen MR) is 108 cm³/mol. The monoisotopic (exact) mass is 359 g/mol. The van der Waals surface area contributed by atoms with Gasteiger partial charge >= 0.3 is 0 Å². The van der Waals surface area contributed by atoms with Gasteiger partial charge in [-0.05, 0) is 43.4 Å².